The van der Waals surface area contributed by atoms with E-state index in [-0.39, 0.29) is 11.8 Å². The van der Waals surface area contributed by atoms with Gasteiger partial charge in [0, 0.05) is 21.9 Å². The van der Waals surface area contributed by atoms with Gasteiger partial charge in [0.2, 0.25) is 17.7 Å². The van der Waals surface area contributed by atoms with Gasteiger partial charge in [0.1, 0.15) is 11.8 Å². The number of nitrogens with one attached hydrogen (secondary N) is 1. The topological polar surface area (TPSA) is 79.0 Å². The molecule has 0 aromatic heterocycles. The van der Waals surface area contributed by atoms with E-state index in [1.807, 2.05) is 41.4 Å². The lowest BCUT2D eigenvalue weighted by molar-refractivity contribution is -0.128. The second-order valence-corrected chi connectivity index (χ2v) is 10.1. The van der Waals surface area contributed by atoms with Gasteiger partial charge in [0.15, 0.2) is 0 Å². The summed E-state index contributed by atoms with van der Waals surface area (Å²) in [6.45, 7) is 0. The first kappa shape index (κ1) is 23.6. The highest BCUT2D eigenvalue weighted by Crippen LogP contribution is 2.53. The number of nitrogens with zero attached hydrogens (tertiary/aromatic N) is 2. The predicted octanol–water partition coefficient (Wildman–Crippen LogP) is 5.16. The van der Waals surface area contributed by atoms with Crippen molar-refractivity contribution in [1.29, 1.82) is 0 Å². The van der Waals surface area contributed by atoms with E-state index in [1.165, 1.54) is 18.2 Å². The number of ether oxygens (including phenoxy) is 1. The number of benzene rings is 3. The highest BCUT2D eigenvalue weighted by atomic mass is 35.5. The molecule has 4 atom stereocenters. The highest BCUT2D eigenvalue weighted by Gasteiger charge is 2.64. The summed E-state index contributed by atoms with van der Waals surface area (Å²) in [4.78, 5) is 44.5. The summed E-state index contributed by atoms with van der Waals surface area (Å²) in [5, 5.41) is 3.53. The average molecular weight is 534 g/mol. The second-order valence-electron chi connectivity index (χ2n) is 9.19. The van der Waals surface area contributed by atoms with E-state index in [1.54, 1.807) is 31.4 Å². The lowest BCUT2D eigenvalue weighted by Gasteiger charge is -2.35. The molecule has 0 radical (unpaired) electrons. The van der Waals surface area contributed by atoms with E-state index in [4.69, 9.17) is 27.9 Å². The first-order chi connectivity index (χ1) is 17.9. The number of halogens is 2. The van der Waals surface area contributed by atoms with Crippen LogP contribution in [0.3, 0.4) is 0 Å². The molecule has 37 heavy (non-hydrogen) atoms. The van der Waals surface area contributed by atoms with Crippen molar-refractivity contribution < 1.29 is 19.1 Å². The normalized spacial score (nSPS) is 23.5. The molecule has 4 unspecified atom stereocenters. The van der Waals surface area contributed by atoms with Gasteiger partial charge in [-0.1, -0.05) is 47.5 Å². The first-order valence-electron chi connectivity index (χ1n) is 11.7. The molecule has 3 aliphatic rings. The number of hydrogen-bond donors (Lipinski definition) is 1. The molecule has 2 fully saturated rings. The number of fused-ring (bicyclic) bond motifs is 5. The standard InChI is InChI=1S/C28H21Cl2N3O4/c1-37-20-8-6-18(7-9-20)31-26(34)25-23-22(24-21-5-3-2-4-15(21)10-11-32(24)25)27(35)33(28(23)36)19-13-16(29)12-17(30)14-19/h2-14,22-25H,1H3,(H,31,34). The van der Waals surface area contributed by atoms with E-state index in [9.17, 15) is 14.4 Å². The smallest absolute Gasteiger partial charge is 0.247 e. The Bertz CT molecular complexity index is 1450. The Morgan fingerprint density at radius 2 is 1.59 bits per heavy atom. The zero-order valence-electron chi connectivity index (χ0n) is 19.6. The molecule has 0 saturated carbocycles. The van der Waals surface area contributed by atoms with Crippen LogP contribution in [0.5, 0.6) is 5.75 Å². The van der Waals surface area contributed by atoms with E-state index in [0.29, 0.717) is 27.2 Å². The molecule has 2 saturated heterocycles. The van der Waals surface area contributed by atoms with Crippen LogP contribution < -0.4 is 15.0 Å². The monoisotopic (exact) mass is 533 g/mol. The summed E-state index contributed by atoms with van der Waals surface area (Å²) in [5.41, 5.74) is 2.69. The van der Waals surface area contributed by atoms with Crippen LogP contribution in [0, 0.1) is 11.8 Å². The van der Waals surface area contributed by atoms with Gasteiger partial charge in [-0.15, -0.1) is 0 Å². The van der Waals surface area contributed by atoms with Crippen LogP contribution >= 0.6 is 23.2 Å². The van der Waals surface area contributed by atoms with Gasteiger partial charge >= 0.3 is 0 Å². The van der Waals surface area contributed by atoms with Crippen molar-refractivity contribution in [2.45, 2.75) is 12.1 Å². The van der Waals surface area contributed by atoms with Gasteiger partial charge in [0.25, 0.3) is 0 Å². The molecule has 6 rings (SSSR count). The summed E-state index contributed by atoms with van der Waals surface area (Å²) < 4.78 is 5.19. The second kappa shape index (κ2) is 8.94. The lowest BCUT2D eigenvalue weighted by atomic mass is 9.84. The summed E-state index contributed by atoms with van der Waals surface area (Å²) >= 11 is 12.4. The van der Waals surface area contributed by atoms with E-state index in [2.05, 4.69) is 5.32 Å². The van der Waals surface area contributed by atoms with Crippen molar-refractivity contribution in [3.63, 3.8) is 0 Å². The fraction of sp³-hybridized carbons (Fsp3) is 0.179. The molecule has 0 spiro atoms. The molecule has 3 amide bonds. The van der Waals surface area contributed by atoms with Crippen LogP contribution in [0.2, 0.25) is 10.0 Å². The van der Waals surface area contributed by atoms with Crippen molar-refractivity contribution in [1.82, 2.24) is 4.90 Å². The number of rotatable bonds is 4. The predicted molar refractivity (Wildman–Crippen MR) is 141 cm³/mol. The maximum absolute atomic E-state index is 13.9. The van der Waals surface area contributed by atoms with Crippen molar-refractivity contribution in [3.05, 3.63) is 94.1 Å². The molecule has 7 nitrogen and oxygen atoms in total. The third kappa shape index (κ3) is 3.77. The molecule has 3 aromatic rings. The molecular weight excluding hydrogens is 513 g/mol. The number of anilines is 2. The molecule has 3 heterocycles. The zero-order chi connectivity index (χ0) is 25.8. The molecule has 3 aromatic carbocycles. The number of carbonyl (C=O) groups excluding carboxylic acids is 3. The largest absolute Gasteiger partial charge is 0.497 e. The minimum atomic E-state index is -0.905. The fourth-order valence-electron chi connectivity index (χ4n) is 5.67. The Hall–Kier alpha value is -3.81. The fourth-order valence-corrected chi connectivity index (χ4v) is 6.19. The Morgan fingerprint density at radius 3 is 2.30 bits per heavy atom. The third-order valence-electron chi connectivity index (χ3n) is 7.19. The minimum Gasteiger partial charge on any atom is -0.497 e. The molecule has 0 bridgehead atoms. The van der Waals surface area contributed by atoms with Crippen molar-refractivity contribution >= 4 is 58.4 Å². The summed E-state index contributed by atoms with van der Waals surface area (Å²) in [6, 6.07) is 17.9. The van der Waals surface area contributed by atoms with Gasteiger partial charge in [-0.25, -0.2) is 4.90 Å². The van der Waals surface area contributed by atoms with Gasteiger partial charge < -0.3 is 15.0 Å². The maximum atomic E-state index is 13.9. The molecule has 9 heteroatoms. The zero-order valence-corrected chi connectivity index (χ0v) is 21.1. The SMILES string of the molecule is COc1ccc(NC(=O)C2C3C(=O)N(c4cc(Cl)cc(Cl)c4)C(=O)C3C3c4ccccc4C=CN23)cc1. The Labute approximate surface area is 223 Å². The third-order valence-corrected chi connectivity index (χ3v) is 7.63. The van der Waals surface area contributed by atoms with Crippen LogP contribution in [0.1, 0.15) is 17.2 Å². The molecular formula is C28H21Cl2N3O4. The summed E-state index contributed by atoms with van der Waals surface area (Å²) in [7, 11) is 1.56. The van der Waals surface area contributed by atoms with Crippen LogP contribution in [0.25, 0.3) is 6.08 Å². The van der Waals surface area contributed by atoms with Crippen molar-refractivity contribution in [3.8, 4) is 5.75 Å². The van der Waals surface area contributed by atoms with E-state index >= 15 is 0 Å². The van der Waals surface area contributed by atoms with E-state index in [0.717, 1.165) is 16.0 Å². The van der Waals surface area contributed by atoms with Crippen molar-refractivity contribution in [2.24, 2.45) is 11.8 Å². The first-order valence-corrected chi connectivity index (χ1v) is 12.5. The number of imide groups is 1. The lowest BCUT2D eigenvalue weighted by Crippen LogP contribution is -2.46. The average Bonchev–Trinajstić information content (AvgIpc) is 3.36. The van der Waals surface area contributed by atoms with Crippen molar-refractivity contribution in [2.75, 3.05) is 17.3 Å². The summed E-state index contributed by atoms with van der Waals surface area (Å²) in [6.07, 6.45) is 3.72. The molecule has 0 aliphatic carbocycles. The minimum absolute atomic E-state index is 0.294. The Morgan fingerprint density at radius 1 is 0.919 bits per heavy atom. The van der Waals surface area contributed by atoms with Gasteiger partial charge in [-0.2, -0.15) is 0 Å². The number of methoxy groups -OCH3 is 1. The van der Waals surface area contributed by atoms with Crippen LogP contribution in [-0.2, 0) is 14.4 Å². The maximum Gasteiger partial charge on any atom is 0.247 e. The van der Waals surface area contributed by atoms with Gasteiger partial charge in [0.05, 0.1) is 30.7 Å². The number of amides is 3. The Balaban J connectivity index is 1.43. The van der Waals surface area contributed by atoms with Gasteiger partial charge in [-0.05, 0) is 59.7 Å². The van der Waals surface area contributed by atoms with Crippen LogP contribution in [0.4, 0.5) is 11.4 Å². The summed E-state index contributed by atoms with van der Waals surface area (Å²) in [5.74, 6) is -2.22. The quantitative estimate of drug-likeness (QED) is 0.469. The molecule has 3 aliphatic heterocycles. The highest BCUT2D eigenvalue weighted by molar-refractivity contribution is 6.36. The molecule has 186 valence electrons. The molecule has 1 N–H and O–H groups in total. The number of hydrogen-bond acceptors (Lipinski definition) is 5. The number of carbonyl (C=O) groups is 3. The van der Waals surface area contributed by atoms with Crippen LogP contribution in [0.15, 0.2) is 72.9 Å². The van der Waals surface area contributed by atoms with Gasteiger partial charge in [-0.3, -0.25) is 14.4 Å². The van der Waals surface area contributed by atoms with E-state index < -0.39 is 29.8 Å². The van der Waals surface area contributed by atoms with Crippen LogP contribution in [-0.4, -0.2) is 35.8 Å². The Kier molecular flexibility index (Phi) is 5.70.